The van der Waals surface area contributed by atoms with Crippen LogP contribution in [0.15, 0.2) is 11.6 Å². The molecule has 0 radical (unpaired) electrons. The summed E-state index contributed by atoms with van der Waals surface area (Å²) in [4.78, 5) is 12.8. The number of carboxylic acid groups (broad SMARTS) is 1. The van der Waals surface area contributed by atoms with Crippen LogP contribution in [0.2, 0.25) is 0 Å². The lowest BCUT2D eigenvalue weighted by molar-refractivity contribution is -0.247. The van der Waals surface area contributed by atoms with E-state index < -0.39 is 40.5 Å². The minimum absolute atomic E-state index is 0.0252. The lowest BCUT2D eigenvalue weighted by atomic mass is 9.33. The molecule has 5 rings (SSSR count). The molecule has 12 atom stereocenters. The number of aliphatic hydroxyl groups excluding tert-OH is 3. The zero-order valence-electron chi connectivity index (χ0n) is 23.0. The normalized spacial score (nSPS) is 58.6. The zero-order valence-corrected chi connectivity index (χ0v) is 23.0. The molecule has 6 heteroatoms. The third-order valence-electron chi connectivity index (χ3n) is 13.6. The van der Waals surface area contributed by atoms with Gasteiger partial charge >= 0.3 is 5.97 Å². The van der Waals surface area contributed by atoms with Gasteiger partial charge in [0.25, 0.3) is 0 Å². The number of aliphatic hydroxyl groups is 4. The fraction of sp³-hybridized carbons (Fsp3) is 0.900. The Morgan fingerprint density at radius 3 is 2.28 bits per heavy atom. The van der Waals surface area contributed by atoms with Crippen molar-refractivity contribution in [3.8, 4) is 0 Å². The third kappa shape index (κ3) is 2.91. The van der Waals surface area contributed by atoms with Crippen molar-refractivity contribution in [1.29, 1.82) is 0 Å². The number of aliphatic carboxylic acids is 1. The Morgan fingerprint density at radius 2 is 1.67 bits per heavy atom. The summed E-state index contributed by atoms with van der Waals surface area (Å²) in [6.07, 6.45) is 6.20. The van der Waals surface area contributed by atoms with Gasteiger partial charge in [0.15, 0.2) is 0 Å². The van der Waals surface area contributed by atoms with Crippen molar-refractivity contribution in [3.05, 3.63) is 11.6 Å². The molecule has 4 saturated carbocycles. The van der Waals surface area contributed by atoms with Crippen LogP contribution in [-0.4, -0.2) is 55.9 Å². The number of rotatable bonds is 2. The van der Waals surface area contributed by atoms with Gasteiger partial charge in [-0.15, -0.1) is 0 Å². The Bertz CT molecular complexity index is 974. The van der Waals surface area contributed by atoms with Gasteiger partial charge in [-0.25, -0.2) is 0 Å². The molecule has 36 heavy (non-hydrogen) atoms. The van der Waals surface area contributed by atoms with Crippen LogP contribution in [0.1, 0.15) is 92.9 Å². The minimum atomic E-state index is -1.09. The molecule has 0 aliphatic heterocycles. The molecule has 0 amide bonds. The SMILES string of the molecule is C[C@@H]1CC[C@]2(C(=O)O)CC[C@]3(C)C(=CCC4[C@@]5(C)C[C@@H](O)[C@H](O)[C@@](C)(CO)C5CC[C@]43C)C2[C@]1(C)O. The van der Waals surface area contributed by atoms with E-state index in [4.69, 9.17) is 0 Å². The topological polar surface area (TPSA) is 118 Å². The first-order valence-corrected chi connectivity index (χ1v) is 14.2. The lowest BCUT2D eigenvalue weighted by Crippen LogP contribution is -2.69. The zero-order chi connectivity index (χ0) is 26.7. The number of fused-ring (bicyclic) bond motifs is 7. The molecule has 0 aromatic heterocycles. The summed E-state index contributed by atoms with van der Waals surface area (Å²) in [6.45, 7) is 12.6. The standard InChI is InChI=1S/C30H48O6/c1-17-9-12-30(24(34)35)14-13-27(4)18(22(30)29(17,6)36)7-8-21-25(2)15-19(32)23(33)26(3,16-31)20(25)10-11-28(21,27)5/h7,17,19-23,31-33,36H,8-16H2,1-6H3,(H,34,35)/t17-,19-,20?,21?,22?,23+,25+,26+,27-,28-,29-,30+/m1/s1. The highest BCUT2D eigenvalue weighted by molar-refractivity contribution is 5.77. The van der Waals surface area contributed by atoms with Crippen molar-refractivity contribution in [2.24, 2.45) is 50.7 Å². The summed E-state index contributed by atoms with van der Waals surface area (Å²) in [6, 6.07) is 0. The summed E-state index contributed by atoms with van der Waals surface area (Å²) in [5.41, 5.74) is -2.28. The minimum Gasteiger partial charge on any atom is -0.481 e. The van der Waals surface area contributed by atoms with Crippen molar-refractivity contribution in [2.75, 3.05) is 6.61 Å². The molecular formula is C30H48O6. The Hall–Kier alpha value is -0.950. The highest BCUT2D eigenvalue weighted by Crippen LogP contribution is 2.76. The number of carboxylic acids is 1. The second kappa shape index (κ2) is 7.80. The second-order valence-corrected chi connectivity index (χ2v) is 14.7. The largest absolute Gasteiger partial charge is 0.481 e. The third-order valence-corrected chi connectivity index (χ3v) is 13.6. The molecule has 4 fully saturated rings. The van der Waals surface area contributed by atoms with Crippen LogP contribution in [-0.2, 0) is 4.79 Å². The van der Waals surface area contributed by atoms with E-state index in [1.54, 1.807) is 0 Å². The van der Waals surface area contributed by atoms with Crippen LogP contribution in [0.4, 0.5) is 0 Å². The van der Waals surface area contributed by atoms with E-state index in [1.807, 2.05) is 13.8 Å². The average molecular weight is 505 g/mol. The van der Waals surface area contributed by atoms with Crippen LogP contribution >= 0.6 is 0 Å². The summed E-state index contributed by atoms with van der Waals surface area (Å²) >= 11 is 0. The maximum Gasteiger partial charge on any atom is 0.310 e. The van der Waals surface area contributed by atoms with Crippen molar-refractivity contribution in [3.63, 3.8) is 0 Å². The predicted octanol–water partition coefficient (Wildman–Crippen LogP) is 4.15. The quantitative estimate of drug-likeness (QED) is 0.361. The van der Waals surface area contributed by atoms with Gasteiger partial charge in [0.05, 0.1) is 29.8 Å². The van der Waals surface area contributed by atoms with Gasteiger partial charge in [0.1, 0.15) is 0 Å². The molecule has 0 saturated heterocycles. The van der Waals surface area contributed by atoms with Crippen LogP contribution < -0.4 is 0 Å². The highest BCUT2D eigenvalue weighted by Gasteiger charge is 2.72. The number of allylic oxidation sites excluding steroid dienone is 1. The first kappa shape index (κ1) is 26.6. The molecular weight excluding hydrogens is 456 g/mol. The molecule has 0 aromatic carbocycles. The number of hydrogen-bond donors (Lipinski definition) is 5. The first-order chi connectivity index (χ1) is 16.6. The maximum absolute atomic E-state index is 12.8. The van der Waals surface area contributed by atoms with Gasteiger partial charge < -0.3 is 25.5 Å². The van der Waals surface area contributed by atoms with Gasteiger partial charge in [-0.2, -0.15) is 0 Å². The molecule has 3 unspecified atom stereocenters. The fourth-order valence-corrected chi connectivity index (χ4v) is 11.0. The Morgan fingerprint density at radius 1 is 1.00 bits per heavy atom. The van der Waals surface area contributed by atoms with Gasteiger partial charge in [0, 0.05) is 11.3 Å². The Balaban J connectivity index is 1.65. The van der Waals surface area contributed by atoms with E-state index in [-0.39, 0.29) is 40.6 Å². The molecule has 0 heterocycles. The van der Waals surface area contributed by atoms with E-state index in [1.165, 1.54) is 0 Å². The van der Waals surface area contributed by atoms with E-state index >= 15 is 0 Å². The van der Waals surface area contributed by atoms with Gasteiger partial charge in [-0.3, -0.25) is 4.79 Å². The number of carbonyl (C=O) groups is 1. The summed E-state index contributed by atoms with van der Waals surface area (Å²) < 4.78 is 0. The number of hydrogen-bond acceptors (Lipinski definition) is 5. The van der Waals surface area contributed by atoms with E-state index in [2.05, 4.69) is 33.8 Å². The highest BCUT2D eigenvalue weighted by atomic mass is 16.4. The lowest BCUT2D eigenvalue weighted by Gasteiger charge is -2.72. The predicted molar refractivity (Wildman–Crippen MR) is 137 cm³/mol. The summed E-state index contributed by atoms with van der Waals surface area (Å²) in [7, 11) is 0. The van der Waals surface area contributed by atoms with Gasteiger partial charge in [-0.1, -0.05) is 46.3 Å². The van der Waals surface area contributed by atoms with E-state index in [0.29, 0.717) is 19.3 Å². The van der Waals surface area contributed by atoms with Crippen molar-refractivity contribution in [2.45, 2.75) is 111 Å². The van der Waals surface area contributed by atoms with E-state index in [9.17, 15) is 30.3 Å². The smallest absolute Gasteiger partial charge is 0.310 e. The van der Waals surface area contributed by atoms with Crippen LogP contribution in [0.3, 0.4) is 0 Å². The molecule has 5 N–H and O–H groups in total. The van der Waals surface area contributed by atoms with Crippen LogP contribution in [0, 0.1) is 50.7 Å². The summed E-state index contributed by atoms with van der Waals surface area (Å²) in [5, 5.41) is 54.8. The summed E-state index contributed by atoms with van der Waals surface area (Å²) in [5.74, 6) is -0.834. The Kier molecular flexibility index (Phi) is 5.77. The van der Waals surface area contributed by atoms with Crippen LogP contribution in [0.25, 0.3) is 0 Å². The molecule has 0 bridgehead atoms. The second-order valence-electron chi connectivity index (χ2n) is 14.7. The maximum atomic E-state index is 12.8. The molecule has 5 aliphatic rings. The average Bonchev–Trinajstić information content (AvgIpc) is 2.80. The van der Waals surface area contributed by atoms with Crippen LogP contribution in [0.5, 0.6) is 0 Å². The van der Waals surface area contributed by atoms with Gasteiger partial charge in [0.2, 0.25) is 0 Å². The van der Waals surface area contributed by atoms with Gasteiger partial charge in [-0.05, 0) is 92.3 Å². The fourth-order valence-electron chi connectivity index (χ4n) is 11.0. The monoisotopic (exact) mass is 504 g/mol. The van der Waals surface area contributed by atoms with Crippen molar-refractivity contribution in [1.82, 2.24) is 0 Å². The van der Waals surface area contributed by atoms with Crippen molar-refractivity contribution >= 4 is 5.97 Å². The van der Waals surface area contributed by atoms with E-state index in [0.717, 1.165) is 37.7 Å². The molecule has 6 nitrogen and oxygen atoms in total. The molecule has 204 valence electrons. The first-order valence-electron chi connectivity index (χ1n) is 14.2. The molecule has 5 aliphatic carbocycles. The Labute approximate surface area is 216 Å². The molecule has 0 aromatic rings. The van der Waals surface area contributed by atoms with Crippen molar-refractivity contribution < 1.29 is 30.3 Å². The molecule has 0 spiro atoms.